The highest BCUT2D eigenvalue weighted by molar-refractivity contribution is 5.60. The minimum atomic E-state index is 0.787. The van der Waals surface area contributed by atoms with Crippen molar-refractivity contribution in [2.24, 2.45) is 0 Å². The zero-order valence-electron chi connectivity index (χ0n) is 11.8. The zero-order valence-corrected chi connectivity index (χ0v) is 11.8. The maximum atomic E-state index is 5.76. The monoisotopic (exact) mass is 269 g/mol. The molecule has 104 valence electrons. The Hall–Kier alpha value is -2.42. The number of rotatable bonds is 5. The Balaban J connectivity index is 2.14. The van der Waals surface area contributed by atoms with Gasteiger partial charge in [0.15, 0.2) is 0 Å². The molecule has 0 saturated heterocycles. The highest BCUT2D eigenvalue weighted by Crippen LogP contribution is 2.25. The summed E-state index contributed by atoms with van der Waals surface area (Å²) in [7, 11) is 3.32. The molecular weight excluding hydrogens is 250 g/mol. The van der Waals surface area contributed by atoms with Crippen molar-refractivity contribution in [3.63, 3.8) is 0 Å². The molecule has 20 heavy (non-hydrogen) atoms. The van der Waals surface area contributed by atoms with Gasteiger partial charge in [-0.3, -0.25) is 0 Å². The number of ether oxygens (including phenoxy) is 2. The maximum Gasteiger partial charge on any atom is 0.126 e. The summed E-state index contributed by atoms with van der Waals surface area (Å²) >= 11 is 0. The molecule has 0 aliphatic rings. The summed E-state index contributed by atoms with van der Waals surface area (Å²) in [5.41, 5.74) is 8.73. The van der Waals surface area contributed by atoms with Gasteiger partial charge in [-0.05, 0) is 42.3 Å². The summed E-state index contributed by atoms with van der Waals surface area (Å²) in [5, 5.41) is 0. The Labute approximate surface area is 119 Å². The van der Waals surface area contributed by atoms with E-state index >= 15 is 0 Å². The Morgan fingerprint density at radius 3 is 2.60 bits per heavy atom. The Morgan fingerprint density at radius 2 is 1.90 bits per heavy atom. The fraction of sp³-hybridized carbons (Fsp3) is 0.176. The minimum absolute atomic E-state index is 0.787. The van der Waals surface area contributed by atoms with Crippen LogP contribution in [0.15, 0.2) is 48.5 Å². The molecule has 0 aliphatic carbocycles. The van der Waals surface area contributed by atoms with Gasteiger partial charge in [0.05, 0.1) is 14.2 Å². The van der Waals surface area contributed by atoms with E-state index in [4.69, 9.17) is 15.2 Å². The van der Waals surface area contributed by atoms with Gasteiger partial charge in [0, 0.05) is 11.3 Å². The lowest BCUT2D eigenvalue weighted by Gasteiger charge is -2.07. The van der Waals surface area contributed by atoms with E-state index in [1.54, 1.807) is 14.2 Å². The summed E-state index contributed by atoms with van der Waals surface area (Å²) < 4.78 is 10.6. The standard InChI is InChI=1S/C17H19NO2/c1-19-16-9-10-17(20-2)14(12-16)7-3-5-13-6-4-8-15(18)11-13/h3-4,6-12H,5,18H2,1-2H3/b7-3+. The van der Waals surface area contributed by atoms with Crippen molar-refractivity contribution in [1.29, 1.82) is 0 Å². The third-order valence-corrected chi connectivity index (χ3v) is 3.04. The van der Waals surface area contributed by atoms with Crippen molar-refractivity contribution < 1.29 is 9.47 Å². The lowest BCUT2D eigenvalue weighted by molar-refractivity contribution is 0.402. The predicted molar refractivity (Wildman–Crippen MR) is 83.1 cm³/mol. The largest absolute Gasteiger partial charge is 0.497 e. The summed E-state index contributed by atoms with van der Waals surface area (Å²) in [5.74, 6) is 1.64. The van der Waals surface area contributed by atoms with Crippen LogP contribution in [-0.2, 0) is 6.42 Å². The molecule has 0 aliphatic heterocycles. The molecule has 3 heteroatoms. The average Bonchev–Trinajstić information content (AvgIpc) is 2.47. The van der Waals surface area contributed by atoms with Gasteiger partial charge < -0.3 is 15.2 Å². The minimum Gasteiger partial charge on any atom is -0.497 e. The summed E-state index contributed by atoms with van der Waals surface area (Å²) in [4.78, 5) is 0. The number of anilines is 1. The van der Waals surface area contributed by atoms with Crippen LogP contribution in [-0.4, -0.2) is 14.2 Å². The van der Waals surface area contributed by atoms with Crippen LogP contribution in [0, 0.1) is 0 Å². The third-order valence-electron chi connectivity index (χ3n) is 3.04. The Bertz CT molecular complexity index is 606. The first-order valence-electron chi connectivity index (χ1n) is 6.46. The van der Waals surface area contributed by atoms with Gasteiger partial charge in [-0.25, -0.2) is 0 Å². The first-order valence-corrected chi connectivity index (χ1v) is 6.46. The second kappa shape index (κ2) is 6.66. The molecule has 2 N–H and O–H groups in total. The molecule has 0 saturated carbocycles. The maximum absolute atomic E-state index is 5.76. The Morgan fingerprint density at radius 1 is 1.05 bits per heavy atom. The first kappa shape index (κ1) is 14.0. The van der Waals surface area contributed by atoms with Crippen LogP contribution in [0.3, 0.4) is 0 Å². The third kappa shape index (κ3) is 3.54. The fourth-order valence-electron chi connectivity index (χ4n) is 2.01. The fourth-order valence-corrected chi connectivity index (χ4v) is 2.01. The lowest BCUT2D eigenvalue weighted by Crippen LogP contribution is -1.90. The van der Waals surface area contributed by atoms with E-state index in [9.17, 15) is 0 Å². The first-order chi connectivity index (χ1) is 9.72. The van der Waals surface area contributed by atoms with E-state index < -0.39 is 0 Å². The van der Waals surface area contributed by atoms with E-state index in [1.807, 2.05) is 42.5 Å². The molecule has 0 amide bonds. The van der Waals surface area contributed by atoms with Crippen molar-refractivity contribution in [3.8, 4) is 11.5 Å². The SMILES string of the molecule is COc1ccc(OC)c(/C=C/Cc2cccc(N)c2)c1. The highest BCUT2D eigenvalue weighted by atomic mass is 16.5. The molecule has 2 rings (SSSR count). The van der Waals surface area contributed by atoms with Crippen LogP contribution < -0.4 is 15.2 Å². The number of nitrogens with two attached hydrogens (primary N) is 1. The predicted octanol–water partition coefficient (Wildman–Crippen LogP) is 3.54. The van der Waals surface area contributed by atoms with E-state index in [0.717, 1.165) is 29.2 Å². The number of methoxy groups -OCH3 is 2. The number of nitrogen functional groups attached to an aromatic ring is 1. The molecule has 2 aromatic carbocycles. The quantitative estimate of drug-likeness (QED) is 0.844. The van der Waals surface area contributed by atoms with E-state index in [-0.39, 0.29) is 0 Å². The van der Waals surface area contributed by atoms with Crippen molar-refractivity contribution >= 4 is 11.8 Å². The molecule has 0 bridgehead atoms. The molecule has 0 atom stereocenters. The van der Waals surface area contributed by atoms with E-state index in [1.165, 1.54) is 5.56 Å². The van der Waals surface area contributed by atoms with Crippen LogP contribution in [0.5, 0.6) is 11.5 Å². The molecule has 0 aromatic heterocycles. The molecule has 0 spiro atoms. The van der Waals surface area contributed by atoms with Gasteiger partial charge in [0.2, 0.25) is 0 Å². The molecular formula is C17H19NO2. The molecule has 0 radical (unpaired) electrons. The number of hydrogen-bond acceptors (Lipinski definition) is 3. The Kier molecular flexibility index (Phi) is 4.66. The zero-order chi connectivity index (χ0) is 14.4. The smallest absolute Gasteiger partial charge is 0.126 e. The second-order valence-corrected chi connectivity index (χ2v) is 4.46. The van der Waals surface area contributed by atoms with Gasteiger partial charge in [0.1, 0.15) is 11.5 Å². The van der Waals surface area contributed by atoms with Crippen LogP contribution in [0.4, 0.5) is 5.69 Å². The van der Waals surface area contributed by atoms with Gasteiger partial charge in [0.25, 0.3) is 0 Å². The molecule has 0 heterocycles. The molecule has 0 fully saturated rings. The van der Waals surface area contributed by atoms with Crippen LogP contribution in [0.1, 0.15) is 11.1 Å². The molecule has 0 unspecified atom stereocenters. The van der Waals surface area contributed by atoms with Crippen LogP contribution in [0.2, 0.25) is 0 Å². The summed E-state index contributed by atoms with van der Waals surface area (Å²) in [6.45, 7) is 0. The highest BCUT2D eigenvalue weighted by Gasteiger charge is 2.01. The second-order valence-electron chi connectivity index (χ2n) is 4.46. The number of hydrogen-bond donors (Lipinski definition) is 1. The lowest BCUT2D eigenvalue weighted by atomic mass is 10.1. The van der Waals surface area contributed by atoms with Gasteiger partial charge >= 0.3 is 0 Å². The average molecular weight is 269 g/mol. The van der Waals surface area contributed by atoms with Crippen molar-refractivity contribution in [2.45, 2.75) is 6.42 Å². The summed E-state index contributed by atoms with van der Waals surface area (Å²) in [6.07, 6.45) is 4.95. The molecule has 3 nitrogen and oxygen atoms in total. The van der Waals surface area contributed by atoms with Crippen molar-refractivity contribution in [3.05, 3.63) is 59.7 Å². The van der Waals surface area contributed by atoms with Crippen molar-refractivity contribution in [2.75, 3.05) is 20.0 Å². The van der Waals surface area contributed by atoms with E-state index in [0.29, 0.717) is 0 Å². The van der Waals surface area contributed by atoms with Gasteiger partial charge in [-0.1, -0.05) is 24.3 Å². The van der Waals surface area contributed by atoms with E-state index in [2.05, 4.69) is 12.1 Å². The van der Waals surface area contributed by atoms with Crippen molar-refractivity contribution in [1.82, 2.24) is 0 Å². The van der Waals surface area contributed by atoms with Gasteiger partial charge in [-0.15, -0.1) is 0 Å². The normalized spacial score (nSPS) is 10.7. The van der Waals surface area contributed by atoms with Crippen LogP contribution in [0.25, 0.3) is 6.08 Å². The molecule has 2 aromatic rings. The van der Waals surface area contributed by atoms with Gasteiger partial charge in [-0.2, -0.15) is 0 Å². The summed E-state index contributed by atoms with van der Waals surface area (Å²) in [6, 6.07) is 13.6. The van der Waals surface area contributed by atoms with Crippen LogP contribution >= 0.6 is 0 Å². The number of benzene rings is 2. The number of allylic oxidation sites excluding steroid dienone is 1. The topological polar surface area (TPSA) is 44.5 Å².